The topological polar surface area (TPSA) is 38.3 Å². The molecule has 3 nitrogen and oxygen atoms in total. The SMILES string of the molecule is CCC1(CC)C(=O)N[C@@H]1Oc1ccccc1. The zero-order valence-electron chi connectivity index (χ0n) is 9.69. The van der Waals surface area contributed by atoms with Gasteiger partial charge in [0.15, 0.2) is 6.23 Å². The van der Waals surface area contributed by atoms with Gasteiger partial charge in [-0.25, -0.2) is 0 Å². The summed E-state index contributed by atoms with van der Waals surface area (Å²) in [5.74, 6) is 0.914. The second kappa shape index (κ2) is 4.16. The van der Waals surface area contributed by atoms with E-state index in [1.54, 1.807) is 0 Å². The highest BCUT2D eigenvalue weighted by molar-refractivity contribution is 5.89. The molecule has 16 heavy (non-hydrogen) atoms. The molecule has 1 aliphatic heterocycles. The van der Waals surface area contributed by atoms with Crippen LogP contribution in [0.15, 0.2) is 30.3 Å². The first-order chi connectivity index (χ1) is 7.73. The van der Waals surface area contributed by atoms with Crippen molar-refractivity contribution in [3.63, 3.8) is 0 Å². The molecule has 1 aromatic carbocycles. The van der Waals surface area contributed by atoms with Crippen LogP contribution in [0, 0.1) is 5.41 Å². The van der Waals surface area contributed by atoms with Gasteiger partial charge in [0.05, 0.1) is 0 Å². The second-order valence-electron chi connectivity index (χ2n) is 4.15. The number of hydrogen-bond donors (Lipinski definition) is 1. The van der Waals surface area contributed by atoms with Crippen molar-refractivity contribution in [2.75, 3.05) is 0 Å². The highest BCUT2D eigenvalue weighted by atomic mass is 16.5. The van der Waals surface area contributed by atoms with Gasteiger partial charge in [-0.05, 0) is 25.0 Å². The number of ether oxygens (including phenoxy) is 1. The van der Waals surface area contributed by atoms with Crippen LogP contribution >= 0.6 is 0 Å². The van der Waals surface area contributed by atoms with Gasteiger partial charge in [0.2, 0.25) is 5.91 Å². The maximum absolute atomic E-state index is 11.6. The summed E-state index contributed by atoms with van der Waals surface area (Å²) in [6, 6.07) is 9.60. The fourth-order valence-corrected chi connectivity index (χ4v) is 2.16. The molecule has 0 unspecified atom stereocenters. The van der Waals surface area contributed by atoms with E-state index in [1.165, 1.54) is 0 Å². The van der Waals surface area contributed by atoms with Crippen molar-refractivity contribution in [3.05, 3.63) is 30.3 Å². The van der Waals surface area contributed by atoms with Crippen LogP contribution in [0.2, 0.25) is 0 Å². The van der Waals surface area contributed by atoms with Gasteiger partial charge in [0.1, 0.15) is 11.2 Å². The normalized spacial score (nSPS) is 22.1. The minimum absolute atomic E-state index is 0.110. The van der Waals surface area contributed by atoms with Crippen molar-refractivity contribution in [1.29, 1.82) is 0 Å². The summed E-state index contributed by atoms with van der Waals surface area (Å²) in [4.78, 5) is 11.6. The zero-order chi connectivity index (χ0) is 11.6. The predicted molar refractivity (Wildman–Crippen MR) is 62.0 cm³/mol. The number of benzene rings is 1. The van der Waals surface area contributed by atoms with Crippen molar-refractivity contribution in [1.82, 2.24) is 5.32 Å². The first kappa shape index (κ1) is 11.0. The van der Waals surface area contributed by atoms with E-state index in [2.05, 4.69) is 5.32 Å². The van der Waals surface area contributed by atoms with Crippen LogP contribution < -0.4 is 10.1 Å². The van der Waals surface area contributed by atoms with Crippen LogP contribution in [0.1, 0.15) is 26.7 Å². The summed E-state index contributed by atoms with van der Waals surface area (Å²) < 4.78 is 5.79. The third-order valence-corrected chi connectivity index (χ3v) is 3.48. The van der Waals surface area contributed by atoms with E-state index in [0.29, 0.717) is 0 Å². The summed E-state index contributed by atoms with van der Waals surface area (Å²) in [5.41, 5.74) is -0.337. The van der Waals surface area contributed by atoms with Gasteiger partial charge in [-0.2, -0.15) is 0 Å². The van der Waals surface area contributed by atoms with Crippen molar-refractivity contribution in [2.24, 2.45) is 5.41 Å². The molecular weight excluding hydrogens is 202 g/mol. The van der Waals surface area contributed by atoms with Gasteiger partial charge in [0, 0.05) is 0 Å². The van der Waals surface area contributed by atoms with Crippen LogP contribution in [-0.4, -0.2) is 12.1 Å². The molecule has 1 fully saturated rings. The first-order valence-electron chi connectivity index (χ1n) is 5.75. The molecule has 1 amide bonds. The lowest BCUT2D eigenvalue weighted by molar-refractivity contribution is -0.161. The van der Waals surface area contributed by atoms with Gasteiger partial charge >= 0.3 is 0 Å². The van der Waals surface area contributed by atoms with E-state index < -0.39 is 0 Å². The van der Waals surface area contributed by atoms with Gasteiger partial charge in [-0.3, -0.25) is 4.79 Å². The molecule has 0 aliphatic carbocycles. The average Bonchev–Trinajstić information content (AvgIpc) is 2.32. The number of amides is 1. The Morgan fingerprint density at radius 2 is 1.88 bits per heavy atom. The number of carbonyl (C=O) groups excluding carboxylic acids is 1. The lowest BCUT2D eigenvalue weighted by atomic mass is 9.73. The van der Waals surface area contributed by atoms with Crippen molar-refractivity contribution < 1.29 is 9.53 Å². The van der Waals surface area contributed by atoms with Crippen LogP contribution in [0.3, 0.4) is 0 Å². The standard InChI is InChI=1S/C13H17NO2/c1-3-13(4-2)11(15)14-12(13)16-10-8-6-5-7-9-10/h5-9,12H,3-4H2,1-2H3,(H,14,15)/t12-/m1/s1. The lowest BCUT2D eigenvalue weighted by Crippen LogP contribution is -2.69. The Morgan fingerprint density at radius 1 is 1.25 bits per heavy atom. The number of para-hydroxylation sites is 1. The van der Waals surface area contributed by atoms with Crippen LogP contribution in [-0.2, 0) is 4.79 Å². The molecule has 0 aromatic heterocycles. The third kappa shape index (κ3) is 1.56. The number of carbonyl (C=O) groups is 1. The minimum atomic E-state index is -0.337. The van der Waals surface area contributed by atoms with Crippen molar-refractivity contribution >= 4 is 5.91 Å². The fraction of sp³-hybridized carbons (Fsp3) is 0.462. The molecule has 0 bridgehead atoms. The summed E-state index contributed by atoms with van der Waals surface area (Å²) in [6.07, 6.45) is 1.44. The van der Waals surface area contributed by atoms with E-state index in [9.17, 15) is 4.79 Å². The third-order valence-electron chi connectivity index (χ3n) is 3.48. The number of rotatable bonds is 4. The molecule has 1 saturated heterocycles. The van der Waals surface area contributed by atoms with E-state index >= 15 is 0 Å². The van der Waals surface area contributed by atoms with Crippen LogP contribution in [0.5, 0.6) is 5.75 Å². The van der Waals surface area contributed by atoms with Crippen LogP contribution in [0.4, 0.5) is 0 Å². The van der Waals surface area contributed by atoms with Gasteiger partial charge in [-0.15, -0.1) is 0 Å². The van der Waals surface area contributed by atoms with Crippen LogP contribution in [0.25, 0.3) is 0 Å². The predicted octanol–water partition coefficient (Wildman–Crippen LogP) is 2.33. The molecule has 0 saturated carbocycles. The Hall–Kier alpha value is -1.51. The average molecular weight is 219 g/mol. The fourth-order valence-electron chi connectivity index (χ4n) is 2.16. The maximum atomic E-state index is 11.6. The summed E-state index contributed by atoms with van der Waals surface area (Å²) >= 11 is 0. The number of β-lactam (4-membered cyclic amide) rings is 1. The highest BCUT2D eigenvalue weighted by Gasteiger charge is 2.54. The Morgan fingerprint density at radius 3 is 2.38 bits per heavy atom. The Labute approximate surface area is 95.8 Å². The number of nitrogens with one attached hydrogen (secondary N) is 1. The summed E-state index contributed by atoms with van der Waals surface area (Å²) in [7, 11) is 0. The zero-order valence-corrected chi connectivity index (χ0v) is 9.69. The van der Waals surface area contributed by atoms with E-state index in [0.717, 1.165) is 18.6 Å². The first-order valence-corrected chi connectivity index (χ1v) is 5.75. The monoisotopic (exact) mass is 219 g/mol. The second-order valence-corrected chi connectivity index (χ2v) is 4.15. The smallest absolute Gasteiger partial charge is 0.234 e. The molecule has 0 spiro atoms. The number of hydrogen-bond acceptors (Lipinski definition) is 2. The maximum Gasteiger partial charge on any atom is 0.234 e. The molecule has 86 valence electrons. The Balaban J connectivity index is 2.10. The van der Waals surface area contributed by atoms with Crippen molar-refractivity contribution in [2.45, 2.75) is 32.9 Å². The Kier molecular flexibility index (Phi) is 2.86. The van der Waals surface area contributed by atoms with E-state index in [1.807, 2.05) is 44.2 Å². The van der Waals surface area contributed by atoms with Crippen molar-refractivity contribution in [3.8, 4) is 5.75 Å². The molecule has 1 atom stereocenters. The molecule has 0 radical (unpaired) electrons. The minimum Gasteiger partial charge on any atom is -0.470 e. The quantitative estimate of drug-likeness (QED) is 0.789. The van der Waals surface area contributed by atoms with Gasteiger partial charge in [-0.1, -0.05) is 32.0 Å². The summed E-state index contributed by atoms with van der Waals surface area (Å²) in [5, 5.41) is 2.82. The largest absolute Gasteiger partial charge is 0.470 e. The lowest BCUT2D eigenvalue weighted by Gasteiger charge is -2.47. The van der Waals surface area contributed by atoms with Gasteiger partial charge < -0.3 is 10.1 Å². The van der Waals surface area contributed by atoms with E-state index in [-0.39, 0.29) is 17.6 Å². The molecule has 2 rings (SSSR count). The molecule has 3 heteroatoms. The highest BCUT2D eigenvalue weighted by Crippen LogP contribution is 2.39. The molecular formula is C13H17NO2. The molecule has 1 aromatic rings. The summed E-state index contributed by atoms with van der Waals surface area (Å²) in [6.45, 7) is 4.06. The van der Waals surface area contributed by atoms with E-state index in [4.69, 9.17) is 4.74 Å². The molecule has 1 N–H and O–H groups in total. The Bertz CT molecular complexity index is 371. The van der Waals surface area contributed by atoms with Gasteiger partial charge in [0.25, 0.3) is 0 Å². The molecule has 1 heterocycles. The molecule has 1 aliphatic rings.